The summed E-state index contributed by atoms with van der Waals surface area (Å²) in [4.78, 5) is 36.7. The molecule has 0 saturated carbocycles. The Balaban J connectivity index is 1.81. The average molecular weight is 576 g/mol. The number of thioether (sulfide) groups is 1. The van der Waals surface area contributed by atoms with Crippen LogP contribution in [0.2, 0.25) is 5.02 Å². The molecule has 0 aliphatic carbocycles. The second-order valence-corrected chi connectivity index (χ2v) is 12.5. The predicted octanol–water partition coefficient (Wildman–Crippen LogP) is 0.512. The van der Waals surface area contributed by atoms with Crippen molar-refractivity contribution in [1.29, 1.82) is 0 Å². The van der Waals surface area contributed by atoms with Gasteiger partial charge < -0.3 is 15.5 Å². The molecule has 3 rings (SSSR count). The number of anilines is 1. The highest BCUT2D eigenvalue weighted by Gasteiger charge is 2.34. The minimum Gasteiger partial charge on any atom is -0.366 e. The molecule has 0 bridgehead atoms. The second kappa shape index (κ2) is 11.1. The van der Waals surface area contributed by atoms with Gasteiger partial charge in [-0.15, -0.1) is 0 Å². The first-order valence-electron chi connectivity index (χ1n) is 10.2. The largest absolute Gasteiger partial charge is 0.366 e. The summed E-state index contributed by atoms with van der Waals surface area (Å²) in [6, 6.07) is 10.3. The highest BCUT2D eigenvalue weighted by molar-refractivity contribution is 8.15. The Morgan fingerprint density at radius 1 is 1.28 bits per heavy atom. The lowest BCUT2D eigenvalue weighted by Crippen LogP contribution is -2.54. The predicted molar refractivity (Wildman–Crippen MR) is 134 cm³/mol. The standard InChI is InChI=1S/C20H22ClN5O7S3/c1-12(34-20(29)13-5-3-2-4-6-13)19(28)26(10-23-11-27)9-18-24-15-7-14(21)16(35(22,30)31)8-17(15)36(32,33)25-18/h2-8,11-12,18,24-25H,9-10H2,1H3,(H,23,27)(H2,22,30,31). The molecule has 1 aliphatic rings. The lowest BCUT2D eigenvalue weighted by molar-refractivity contribution is -0.131. The molecule has 2 unspecified atom stereocenters. The number of amides is 2. The molecule has 0 spiro atoms. The molecule has 0 saturated heterocycles. The number of benzene rings is 2. The Hall–Kier alpha value is -2.69. The zero-order valence-electron chi connectivity index (χ0n) is 18.7. The van der Waals surface area contributed by atoms with E-state index in [1.807, 2.05) is 0 Å². The lowest BCUT2D eigenvalue weighted by atomic mass is 10.2. The van der Waals surface area contributed by atoms with Gasteiger partial charge in [0, 0.05) is 5.56 Å². The number of rotatable bonds is 9. The van der Waals surface area contributed by atoms with E-state index in [-0.39, 0.29) is 29.0 Å². The van der Waals surface area contributed by atoms with Crippen LogP contribution in [0, 0.1) is 0 Å². The number of nitrogens with zero attached hydrogens (tertiary/aromatic N) is 1. The zero-order chi connectivity index (χ0) is 26.7. The van der Waals surface area contributed by atoms with Crippen molar-refractivity contribution in [3.8, 4) is 0 Å². The van der Waals surface area contributed by atoms with Crippen molar-refractivity contribution in [2.75, 3.05) is 18.5 Å². The average Bonchev–Trinajstić information content (AvgIpc) is 2.80. The third kappa shape index (κ3) is 6.54. The van der Waals surface area contributed by atoms with Gasteiger partial charge in [-0.1, -0.05) is 53.7 Å². The van der Waals surface area contributed by atoms with E-state index < -0.39 is 47.2 Å². The Morgan fingerprint density at radius 2 is 1.94 bits per heavy atom. The summed E-state index contributed by atoms with van der Waals surface area (Å²) in [7, 11) is -8.52. The van der Waals surface area contributed by atoms with Crippen molar-refractivity contribution in [3.63, 3.8) is 0 Å². The number of hydrogen-bond donors (Lipinski definition) is 4. The Bertz CT molecular complexity index is 1390. The summed E-state index contributed by atoms with van der Waals surface area (Å²) in [5.41, 5.74) is 0.405. The van der Waals surface area contributed by atoms with Crippen LogP contribution in [0.25, 0.3) is 0 Å². The number of primary sulfonamides is 1. The molecule has 2 atom stereocenters. The van der Waals surface area contributed by atoms with Crippen LogP contribution in [0.15, 0.2) is 52.3 Å². The smallest absolute Gasteiger partial charge is 0.244 e. The van der Waals surface area contributed by atoms with E-state index in [0.29, 0.717) is 12.0 Å². The summed E-state index contributed by atoms with van der Waals surface area (Å²) in [6.07, 6.45) is -0.700. The number of carbonyl (C=O) groups is 3. The molecule has 0 aromatic heterocycles. The molecule has 16 heteroatoms. The van der Waals surface area contributed by atoms with Crippen LogP contribution in [0.4, 0.5) is 5.69 Å². The summed E-state index contributed by atoms with van der Waals surface area (Å²) in [6.45, 7) is 1.01. The van der Waals surface area contributed by atoms with Gasteiger partial charge in [0.05, 0.1) is 29.2 Å². The normalized spacial score (nSPS) is 17.2. The molecule has 0 fully saturated rings. The van der Waals surface area contributed by atoms with Crippen LogP contribution in [0.5, 0.6) is 0 Å². The maximum atomic E-state index is 13.1. The Kier molecular flexibility index (Phi) is 8.63. The molecule has 12 nitrogen and oxygen atoms in total. The number of hydrogen-bond acceptors (Lipinski definition) is 9. The van der Waals surface area contributed by atoms with E-state index in [4.69, 9.17) is 16.7 Å². The molecule has 194 valence electrons. The van der Waals surface area contributed by atoms with Crippen LogP contribution in [-0.4, -0.2) is 63.8 Å². The molecular formula is C20H22ClN5O7S3. The van der Waals surface area contributed by atoms with Gasteiger partial charge in [-0.25, -0.2) is 22.0 Å². The van der Waals surface area contributed by atoms with Crippen LogP contribution in [0.3, 0.4) is 0 Å². The monoisotopic (exact) mass is 575 g/mol. The highest BCUT2D eigenvalue weighted by Crippen LogP contribution is 2.33. The Morgan fingerprint density at radius 3 is 2.56 bits per heavy atom. The van der Waals surface area contributed by atoms with Crippen molar-refractivity contribution in [2.45, 2.75) is 28.1 Å². The van der Waals surface area contributed by atoms with Crippen molar-refractivity contribution in [3.05, 3.63) is 53.1 Å². The Labute approximate surface area is 217 Å². The van der Waals surface area contributed by atoms with Gasteiger partial charge in [-0.05, 0) is 19.1 Å². The van der Waals surface area contributed by atoms with E-state index in [1.165, 1.54) is 6.92 Å². The molecule has 1 heterocycles. The first-order chi connectivity index (χ1) is 16.8. The van der Waals surface area contributed by atoms with E-state index >= 15 is 0 Å². The first-order valence-corrected chi connectivity index (χ1v) is 14.5. The van der Waals surface area contributed by atoms with Gasteiger partial charge >= 0.3 is 0 Å². The number of sulfonamides is 2. The number of nitrogens with one attached hydrogen (secondary N) is 3. The SMILES string of the molecule is CC(SC(=O)c1ccccc1)C(=O)N(CNC=O)CC1Nc2cc(Cl)c(S(N)(=O)=O)cc2S(=O)(=O)N1. The van der Waals surface area contributed by atoms with Gasteiger partial charge in [-0.2, -0.15) is 4.72 Å². The summed E-state index contributed by atoms with van der Waals surface area (Å²) in [5.74, 6) is -0.534. The third-order valence-corrected chi connectivity index (χ3v) is 8.87. The summed E-state index contributed by atoms with van der Waals surface area (Å²) in [5, 5.41) is 8.82. The second-order valence-electron chi connectivity index (χ2n) is 7.60. The lowest BCUT2D eigenvalue weighted by Gasteiger charge is -2.33. The number of halogens is 1. The highest BCUT2D eigenvalue weighted by atomic mass is 35.5. The fraction of sp³-hybridized carbons (Fsp3) is 0.250. The molecule has 2 amide bonds. The molecule has 5 N–H and O–H groups in total. The van der Waals surface area contributed by atoms with Gasteiger partial charge in [0.15, 0.2) is 0 Å². The minimum absolute atomic E-state index is 0.00595. The van der Waals surface area contributed by atoms with Gasteiger partial charge in [0.2, 0.25) is 37.5 Å². The third-order valence-electron chi connectivity index (χ3n) is 4.98. The fourth-order valence-corrected chi connectivity index (χ4v) is 6.68. The van der Waals surface area contributed by atoms with E-state index in [2.05, 4.69) is 15.4 Å². The van der Waals surface area contributed by atoms with Crippen molar-refractivity contribution < 1.29 is 31.2 Å². The molecule has 1 aliphatic heterocycles. The van der Waals surface area contributed by atoms with Crippen molar-refractivity contribution in [1.82, 2.24) is 14.9 Å². The summed E-state index contributed by atoms with van der Waals surface area (Å²) >= 11 is 6.78. The fourth-order valence-electron chi connectivity index (χ4n) is 3.35. The van der Waals surface area contributed by atoms with Crippen LogP contribution in [-0.2, 0) is 29.6 Å². The van der Waals surface area contributed by atoms with Gasteiger partial charge in [-0.3, -0.25) is 14.4 Å². The zero-order valence-corrected chi connectivity index (χ0v) is 21.9. The maximum Gasteiger partial charge on any atom is 0.244 e. The van der Waals surface area contributed by atoms with Gasteiger partial charge in [0.25, 0.3) is 0 Å². The molecule has 0 radical (unpaired) electrons. The molecular weight excluding hydrogens is 554 g/mol. The molecule has 36 heavy (non-hydrogen) atoms. The van der Waals surface area contributed by atoms with E-state index in [0.717, 1.165) is 28.8 Å². The van der Waals surface area contributed by atoms with Crippen LogP contribution >= 0.6 is 23.4 Å². The number of fused-ring (bicyclic) bond motifs is 1. The van der Waals surface area contributed by atoms with Gasteiger partial charge in [0.1, 0.15) is 16.0 Å². The van der Waals surface area contributed by atoms with Crippen LogP contribution in [0.1, 0.15) is 17.3 Å². The summed E-state index contributed by atoms with van der Waals surface area (Å²) < 4.78 is 51.4. The van der Waals surface area contributed by atoms with Crippen molar-refractivity contribution in [2.24, 2.45) is 5.14 Å². The number of carbonyl (C=O) groups excluding carboxylic acids is 3. The van der Waals surface area contributed by atoms with E-state index in [9.17, 15) is 31.2 Å². The van der Waals surface area contributed by atoms with Crippen molar-refractivity contribution >= 4 is 66.5 Å². The number of nitrogens with two attached hydrogens (primary N) is 1. The quantitative estimate of drug-likeness (QED) is 0.244. The molecule has 2 aromatic rings. The van der Waals surface area contributed by atoms with Crippen LogP contribution < -0.4 is 20.5 Å². The van der Waals surface area contributed by atoms with E-state index in [1.54, 1.807) is 30.3 Å². The maximum absolute atomic E-state index is 13.1. The molecule has 2 aromatic carbocycles. The first kappa shape index (κ1) is 27.9. The minimum atomic E-state index is -4.29. The topological polar surface area (TPSA) is 185 Å².